The summed E-state index contributed by atoms with van der Waals surface area (Å²) in [5.74, 6) is 1.71. The van der Waals surface area contributed by atoms with E-state index in [4.69, 9.17) is 4.79 Å². The van der Waals surface area contributed by atoms with Crippen molar-refractivity contribution in [1.29, 1.82) is 0 Å². The Balaban J connectivity index is 0.000000640. The van der Waals surface area contributed by atoms with Crippen molar-refractivity contribution in [3.8, 4) is 0 Å². The molecular formula is C22H25N3O2S. The minimum absolute atomic E-state index is 0.375. The number of methoxy groups -OCH3 is 1. The van der Waals surface area contributed by atoms with Gasteiger partial charge in [-0.2, -0.15) is 0 Å². The molecule has 3 aromatic rings. The Labute approximate surface area is 170 Å². The predicted molar refractivity (Wildman–Crippen MR) is 115 cm³/mol. The second-order valence-corrected chi connectivity index (χ2v) is 7.11. The number of ether oxygens (including phenoxy) is 1. The van der Waals surface area contributed by atoms with Gasteiger partial charge in [0, 0.05) is 23.2 Å². The topological polar surface area (TPSA) is 64.1 Å². The number of para-hydroxylation sites is 1. The van der Waals surface area contributed by atoms with Gasteiger partial charge in [0.15, 0.2) is 5.16 Å². The number of benzene rings is 2. The summed E-state index contributed by atoms with van der Waals surface area (Å²) in [6.07, 6.45) is 0. The maximum atomic E-state index is 8.95. The first-order valence-corrected chi connectivity index (χ1v) is 9.84. The number of aryl methyl sites for hydroxylation is 3. The maximum Gasteiger partial charge on any atom is 0.292 e. The summed E-state index contributed by atoms with van der Waals surface area (Å²) in [7, 11) is 1.31. The fraction of sp³-hybridized carbons (Fsp3) is 0.227. The molecule has 28 heavy (non-hydrogen) atoms. The van der Waals surface area contributed by atoms with E-state index in [0.29, 0.717) is 6.47 Å². The fourth-order valence-electron chi connectivity index (χ4n) is 2.44. The maximum absolute atomic E-state index is 8.95. The lowest BCUT2D eigenvalue weighted by Crippen LogP contribution is -2.00. The minimum atomic E-state index is 0.375. The number of carbonyl (C=O) groups excluding carboxylic acids is 1. The van der Waals surface area contributed by atoms with E-state index in [-0.39, 0.29) is 0 Å². The van der Waals surface area contributed by atoms with Gasteiger partial charge in [0.25, 0.3) is 6.47 Å². The van der Waals surface area contributed by atoms with Gasteiger partial charge in [-0.25, -0.2) is 9.97 Å². The number of anilines is 2. The fourth-order valence-corrected chi connectivity index (χ4v) is 3.42. The van der Waals surface area contributed by atoms with Crippen LogP contribution in [0.25, 0.3) is 0 Å². The Morgan fingerprint density at radius 2 is 1.64 bits per heavy atom. The highest BCUT2D eigenvalue weighted by Crippen LogP contribution is 2.25. The summed E-state index contributed by atoms with van der Waals surface area (Å²) in [5.41, 5.74) is 5.86. The first kappa shape index (κ1) is 21.4. The van der Waals surface area contributed by atoms with Gasteiger partial charge in [-0.3, -0.25) is 4.79 Å². The largest absolute Gasteiger partial charge is 0.471 e. The van der Waals surface area contributed by atoms with Crippen LogP contribution >= 0.6 is 11.8 Å². The highest BCUT2D eigenvalue weighted by molar-refractivity contribution is 7.98. The number of nitrogens with zero attached hydrogens (tertiary/aromatic N) is 2. The van der Waals surface area contributed by atoms with Gasteiger partial charge < -0.3 is 10.1 Å². The van der Waals surface area contributed by atoms with Crippen molar-refractivity contribution >= 4 is 29.7 Å². The van der Waals surface area contributed by atoms with Crippen molar-refractivity contribution in [2.24, 2.45) is 0 Å². The summed E-state index contributed by atoms with van der Waals surface area (Å²) in [4.78, 5) is 18.2. The van der Waals surface area contributed by atoms with E-state index < -0.39 is 0 Å². The number of thioether (sulfide) groups is 1. The van der Waals surface area contributed by atoms with Crippen molar-refractivity contribution in [3.05, 3.63) is 77.0 Å². The first-order chi connectivity index (χ1) is 13.5. The third-order valence-electron chi connectivity index (χ3n) is 3.96. The molecule has 146 valence electrons. The van der Waals surface area contributed by atoms with Crippen LogP contribution in [-0.2, 0) is 15.3 Å². The van der Waals surface area contributed by atoms with Crippen LogP contribution in [0.4, 0.5) is 11.5 Å². The number of hydrogen-bond acceptors (Lipinski definition) is 6. The molecule has 0 aliphatic carbocycles. The van der Waals surface area contributed by atoms with Crippen LogP contribution in [-0.4, -0.2) is 23.5 Å². The molecule has 0 fully saturated rings. The smallest absolute Gasteiger partial charge is 0.292 e. The van der Waals surface area contributed by atoms with E-state index in [0.717, 1.165) is 28.1 Å². The molecule has 0 unspecified atom stereocenters. The molecule has 0 atom stereocenters. The molecule has 0 saturated heterocycles. The number of hydrogen-bond donors (Lipinski definition) is 1. The summed E-state index contributed by atoms with van der Waals surface area (Å²) in [6, 6.07) is 18.6. The zero-order valence-corrected chi connectivity index (χ0v) is 17.4. The van der Waals surface area contributed by atoms with Crippen molar-refractivity contribution in [2.45, 2.75) is 31.7 Å². The summed E-state index contributed by atoms with van der Waals surface area (Å²) in [6.45, 7) is 6.60. The van der Waals surface area contributed by atoms with Crippen LogP contribution in [0.5, 0.6) is 0 Å². The lowest BCUT2D eigenvalue weighted by molar-refractivity contribution is -0.126. The quantitative estimate of drug-likeness (QED) is 0.350. The summed E-state index contributed by atoms with van der Waals surface area (Å²) < 4.78 is 3.86. The minimum Gasteiger partial charge on any atom is -0.471 e. The molecule has 1 N–H and O–H groups in total. The molecule has 6 heteroatoms. The lowest BCUT2D eigenvalue weighted by Gasteiger charge is -2.11. The second kappa shape index (κ2) is 11.1. The van der Waals surface area contributed by atoms with Gasteiger partial charge >= 0.3 is 0 Å². The van der Waals surface area contributed by atoms with Gasteiger partial charge in [0.05, 0.1) is 7.11 Å². The average Bonchev–Trinajstić information content (AvgIpc) is 2.69. The molecule has 1 heterocycles. The van der Waals surface area contributed by atoms with E-state index in [2.05, 4.69) is 70.3 Å². The van der Waals surface area contributed by atoms with Crippen LogP contribution < -0.4 is 5.32 Å². The molecule has 0 aliphatic heterocycles. The molecule has 0 amide bonds. The van der Waals surface area contributed by atoms with Crippen molar-refractivity contribution in [3.63, 3.8) is 0 Å². The number of nitrogens with one attached hydrogen (secondary N) is 1. The van der Waals surface area contributed by atoms with Gasteiger partial charge in [0.1, 0.15) is 5.82 Å². The van der Waals surface area contributed by atoms with Gasteiger partial charge in [-0.15, -0.1) is 0 Å². The standard InChI is InChI=1S/C20H21N3S.C2H4O2/c1-14-8-4-6-10-17(14)13-24-20-21-16(3)12-19(23-20)22-18-11-7-5-9-15(18)2;1-4-2-3/h4-12H,13H2,1-3H3,(H,21,22,23);2H,1H3. The Kier molecular flexibility index (Phi) is 8.49. The average molecular weight is 396 g/mol. The van der Waals surface area contributed by atoms with E-state index in [1.807, 2.05) is 25.1 Å². The van der Waals surface area contributed by atoms with Crippen molar-refractivity contribution in [2.75, 3.05) is 12.4 Å². The van der Waals surface area contributed by atoms with Crippen molar-refractivity contribution < 1.29 is 9.53 Å². The Morgan fingerprint density at radius 1 is 1.00 bits per heavy atom. The SMILES string of the molecule is COC=O.Cc1cc(Nc2ccccc2C)nc(SCc2ccccc2C)n1. The molecule has 0 bridgehead atoms. The molecule has 5 nitrogen and oxygen atoms in total. The van der Waals surface area contributed by atoms with E-state index in [1.54, 1.807) is 11.8 Å². The molecule has 0 aliphatic rings. The normalized spacial score (nSPS) is 9.86. The molecular weight excluding hydrogens is 370 g/mol. The third-order valence-corrected chi connectivity index (χ3v) is 4.85. The molecule has 3 rings (SSSR count). The predicted octanol–water partition coefficient (Wildman–Crippen LogP) is 5.23. The van der Waals surface area contributed by atoms with Crippen LogP contribution in [0, 0.1) is 20.8 Å². The van der Waals surface area contributed by atoms with Crippen LogP contribution in [0.3, 0.4) is 0 Å². The van der Waals surface area contributed by atoms with E-state index in [1.165, 1.54) is 23.8 Å². The summed E-state index contributed by atoms with van der Waals surface area (Å²) >= 11 is 1.67. The first-order valence-electron chi connectivity index (χ1n) is 8.85. The molecule has 0 spiro atoms. The molecule has 2 aromatic carbocycles. The van der Waals surface area contributed by atoms with E-state index >= 15 is 0 Å². The third kappa shape index (κ3) is 6.70. The van der Waals surface area contributed by atoms with E-state index in [9.17, 15) is 0 Å². The zero-order valence-electron chi connectivity index (χ0n) is 16.6. The zero-order chi connectivity index (χ0) is 20.4. The van der Waals surface area contributed by atoms with Crippen molar-refractivity contribution in [1.82, 2.24) is 9.97 Å². The van der Waals surface area contributed by atoms with Crippen LogP contribution in [0.1, 0.15) is 22.4 Å². The Hall–Kier alpha value is -2.86. The van der Waals surface area contributed by atoms with Gasteiger partial charge in [-0.05, 0) is 43.5 Å². The van der Waals surface area contributed by atoms with Crippen LogP contribution in [0.2, 0.25) is 0 Å². The highest BCUT2D eigenvalue weighted by atomic mass is 32.2. The highest BCUT2D eigenvalue weighted by Gasteiger charge is 2.06. The van der Waals surface area contributed by atoms with Gasteiger partial charge in [0.2, 0.25) is 0 Å². The molecule has 1 aromatic heterocycles. The summed E-state index contributed by atoms with van der Waals surface area (Å²) in [5, 5.41) is 4.20. The Morgan fingerprint density at radius 3 is 2.29 bits per heavy atom. The monoisotopic (exact) mass is 395 g/mol. The lowest BCUT2D eigenvalue weighted by atomic mass is 10.1. The molecule has 0 radical (unpaired) electrons. The second-order valence-electron chi connectivity index (χ2n) is 6.16. The number of rotatable bonds is 6. The molecule has 0 saturated carbocycles. The Bertz CT molecular complexity index is 916. The van der Waals surface area contributed by atoms with Gasteiger partial charge in [-0.1, -0.05) is 54.2 Å². The number of carbonyl (C=O) groups is 1. The van der Waals surface area contributed by atoms with Crippen LogP contribution in [0.15, 0.2) is 59.8 Å². The number of aromatic nitrogens is 2.